The maximum atomic E-state index is 11.9. The van der Waals surface area contributed by atoms with E-state index in [-0.39, 0.29) is 11.7 Å². The number of aromatic nitrogens is 3. The Kier molecular flexibility index (Phi) is 2.72. The molecule has 0 radical (unpaired) electrons. The molecule has 0 aliphatic carbocycles. The third-order valence-corrected chi connectivity index (χ3v) is 2.26. The third-order valence-electron chi connectivity index (χ3n) is 2.26. The predicted octanol–water partition coefficient (Wildman–Crippen LogP) is 0.978. The molecule has 2 heterocycles. The summed E-state index contributed by atoms with van der Waals surface area (Å²) in [5, 5.41) is 10.1. The van der Waals surface area contributed by atoms with Crippen molar-refractivity contribution in [2.24, 2.45) is 0 Å². The maximum absolute atomic E-state index is 11.9. The molecule has 0 aliphatic rings. The van der Waals surface area contributed by atoms with Gasteiger partial charge in [-0.2, -0.15) is 5.10 Å². The lowest BCUT2D eigenvalue weighted by atomic mass is 10.2. The van der Waals surface area contributed by atoms with Crippen LogP contribution in [0.1, 0.15) is 21.7 Å². The van der Waals surface area contributed by atoms with Crippen LogP contribution in [-0.4, -0.2) is 33.2 Å². The summed E-state index contributed by atoms with van der Waals surface area (Å²) in [7, 11) is 1.71. The molecule has 0 aliphatic heterocycles. The molecule has 1 amide bonds. The van der Waals surface area contributed by atoms with E-state index in [2.05, 4.69) is 15.4 Å². The molecule has 2 rings (SSSR count). The zero-order valence-electron chi connectivity index (χ0n) is 9.10. The number of aromatic amines is 1. The summed E-state index contributed by atoms with van der Waals surface area (Å²) in [6, 6.07) is 0. The average molecular weight is 220 g/mol. The van der Waals surface area contributed by atoms with Gasteiger partial charge in [0.15, 0.2) is 0 Å². The summed E-state index contributed by atoms with van der Waals surface area (Å²) in [5.74, 6) is 0.0993. The van der Waals surface area contributed by atoms with Gasteiger partial charge in [0.1, 0.15) is 0 Å². The quantitative estimate of drug-likeness (QED) is 0.836. The number of nitrogens with one attached hydrogen (secondary N) is 1. The first-order chi connectivity index (χ1) is 7.68. The number of hydrogen-bond donors (Lipinski definition) is 1. The highest BCUT2D eigenvalue weighted by Gasteiger charge is 2.18. The monoisotopic (exact) mass is 220 g/mol. The van der Waals surface area contributed by atoms with E-state index < -0.39 is 0 Å². The van der Waals surface area contributed by atoms with Crippen molar-refractivity contribution in [1.29, 1.82) is 0 Å². The number of carbonyl (C=O) groups excluding carboxylic acids is 1. The molecule has 0 unspecified atom stereocenters. The van der Waals surface area contributed by atoms with Crippen LogP contribution in [0.25, 0.3) is 0 Å². The predicted molar refractivity (Wildman–Crippen MR) is 55.6 cm³/mol. The molecular weight excluding hydrogens is 208 g/mol. The number of carbonyl (C=O) groups is 1. The Morgan fingerprint density at radius 2 is 2.38 bits per heavy atom. The van der Waals surface area contributed by atoms with E-state index in [1.165, 1.54) is 6.20 Å². The number of H-pyrrole nitrogens is 1. The van der Waals surface area contributed by atoms with Crippen LogP contribution in [0.2, 0.25) is 0 Å². The first kappa shape index (κ1) is 10.4. The van der Waals surface area contributed by atoms with Crippen molar-refractivity contribution in [1.82, 2.24) is 20.3 Å². The van der Waals surface area contributed by atoms with Gasteiger partial charge < -0.3 is 9.42 Å². The fourth-order valence-electron chi connectivity index (χ4n) is 1.38. The van der Waals surface area contributed by atoms with Crippen molar-refractivity contribution < 1.29 is 9.32 Å². The summed E-state index contributed by atoms with van der Waals surface area (Å²) in [6.45, 7) is 2.27. The second-order valence-corrected chi connectivity index (χ2v) is 3.61. The van der Waals surface area contributed by atoms with Crippen LogP contribution in [0.3, 0.4) is 0 Å². The van der Waals surface area contributed by atoms with Gasteiger partial charge in [0.05, 0.1) is 12.4 Å². The zero-order valence-corrected chi connectivity index (χ0v) is 9.10. The molecule has 16 heavy (non-hydrogen) atoms. The molecule has 2 aromatic rings. The molecule has 0 saturated carbocycles. The Morgan fingerprint density at radius 1 is 1.56 bits per heavy atom. The van der Waals surface area contributed by atoms with Crippen molar-refractivity contribution >= 4 is 5.91 Å². The first-order valence-corrected chi connectivity index (χ1v) is 4.83. The summed E-state index contributed by atoms with van der Waals surface area (Å²) in [6.07, 6.45) is 4.95. The molecule has 0 spiro atoms. The standard InChI is InChI=1S/C10H12N4O2/c1-7-3-13-16-9(7)10(15)14(2)6-8-4-11-12-5-8/h3-5H,6H2,1-2H3,(H,11,12). The van der Waals surface area contributed by atoms with E-state index in [0.717, 1.165) is 11.1 Å². The summed E-state index contributed by atoms with van der Waals surface area (Å²) < 4.78 is 4.90. The van der Waals surface area contributed by atoms with Gasteiger partial charge in [0.25, 0.3) is 5.91 Å². The number of nitrogens with zero attached hydrogens (tertiary/aromatic N) is 3. The van der Waals surface area contributed by atoms with E-state index in [0.29, 0.717) is 6.54 Å². The van der Waals surface area contributed by atoms with Crippen molar-refractivity contribution in [3.63, 3.8) is 0 Å². The summed E-state index contributed by atoms with van der Waals surface area (Å²) >= 11 is 0. The molecule has 0 atom stereocenters. The van der Waals surface area contributed by atoms with Crippen molar-refractivity contribution in [2.45, 2.75) is 13.5 Å². The van der Waals surface area contributed by atoms with Crippen LogP contribution in [-0.2, 0) is 6.54 Å². The van der Waals surface area contributed by atoms with Gasteiger partial charge >= 0.3 is 0 Å². The van der Waals surface area contributed by atoms with Gasteiger partial charge in [-0.1, -0.05) is 5.16 Å². The van der Waals surface area contributed by atoms with E-state index in [1.807, 2.05) is 0 Å². The molecule has 0 fully saturated rings. The molecular formula is C10H12N4O2. The molecule has 84 valence electrons. The third kappa shape index (κ3) is 1.95. The zero-order chi connectivity index (χ0) is 11.5. The van der Waals surface area contributed by atoms with Crippen molar-refractivity contribution in [2.75, 3.05) is 7.05 Å². The lowest BCUT2D eigenvalue weighted by molar-refractivity contribution is 0.0742. The second kappa shape index (κ2) is 4.18. The number of aryl methyl sites for hydroxylation is 1. The second-order valence-electron chi connectivity index (χ2n) is 3.61. The Hall–Kier alpha value is -2.11. The van der Waals surface area contributed by atoms with E-state index >= 15 is 0 Å². The van der Waals surface area contributed by atoms with E-state index in [9.17, 15) is 4.79 Å². The van der Waals surface area contributed by atoms with Gasteiger partial charge in [0.2, 0.25) is 5.76 Å². The van der Waals surface area contributed by atoms with Crippen molar-refractivity contribution in [3.05, 3.63) is 35.5 Å². The maximum Gasteiger partial charge on any atom is 0.292 e. The summed E-state index contributed by atoms with van der Waals surface area (Å²) in [4.78, 5) is 13.5. The minimum Gasteiger partial charge on any atom is -0.351 e. The number of amides is 1. The lowest BCUT2D eigenvalue weighted by Crippen LogP contribution is -2.26. The Labute approximate surface area is 92.2 Å². The fourth-order valence-corrected chi connectivity index (χ4v) is 1.38. The van der Waals surface area contributed by atoms with Crippen LogP contribution in [0.5, 0.6) is 0 Å². The lowest BCUT2D eigenvalue weighted by Gasteiger charge is -2.14. The highest BCUT2D eigenvalue weighted by Crippen LogP contribution is 2.10. The minimum absolute atomic E-state index is 0.184. The molecule has 0 aromatic carbocycles. The normalized spacial score (nSPS) is 10.4. The average Bonchev–Trinajstić information content (AvgIpc) is 2.88. The smallest absolute Gasteiger partial charge is 0.292 e. The molecule has 6 heteroatoms. The van der Waals surface area contributed by atoms with Crippen LogP contribution >= 0.6 is 0 Å². The van der Waals surface area contributed by atoms with Crippen LogP contribution < -0.4 is 0 Å². The Bertz CT molecular complexity index is 475. The van der Waals surface area contributed by atoms with Crippen LogP contribution in [0.15, 0.2) is 23.1 Å². The van der Waals surface area contributed by atoms with Crippen LogP contribution in [0.4, 0.5) is 0 Å². The highest BCUT2D eigenvalue weighted by atomic mass is 16.5. The van der Waals surface area contributed by atoms with Gasteiger partial charge in [-0.25, -0.2) is 0 Å². The number of rotatable bonds is 3. The molecule has 0 bridgehead atoms. The molecule has 1 N–H and O–H groups in total. The van der Waals surface area contributed by atoms with Crippen molar-refractivity contribution in [3.8, 4) is 0 Å². The van der Waals surface area contributed by atoms with Gasteiger partial charge in [-0.05, 0) is 6.92 Å². The SMILES string of the molecule is Cc1cnoc1C(=O)N(C)Cc1cn[nH]c1. The Morgan fingerprint density at radius 3 is 2.94 bits per heavy atom. The topological polar surface area (TPSA) is 75.0 Å². The largest absolute Gasteiger partial charge is 0.351 e. The number of hydrogen-bond acceptors (Lipinski definition) is 4. The van der Waals surface area contributed by atoms with E-state index in [4.69, 9.17) is 4.52 Å². The Balaban J connectivity index is 2.08. The first-order valence-electron chi connectivity index (χ1n) is 4.83. The molecule has 2 aromatic heterocycles. The molecule has 0 saturated heterocycles. The minimum atomic E-state index is -0.184. The van der Waals surface area contributed by atoms with Gasteiger partial charge in [-0.15, -0.1) is 0 Å². The van der Waals surface area contributed by atoms with Crippen LogP contribution in [0, 0.1) is 6.92 Å². The highest BCUT2D eigenvalue weighted by molar-refractivity contribution is 5.92. The molecule has 6 nitrogen and oxygen atoms in total. The van der Waals surface area contributed by atoms with E-state index in [1.54, 1.807) is 31.3 Å². The fraction of sp³-hybridized carbons (Fsp3) is 0.300. The van der Waals surface area contributed by atoms with Gasteiger partial charge in [0, 0.05) is 30.9 Å². The van der Waals surface area contributed by atoms with Gasteiger partial charge in [-0.3, -0.25) is 9.89 Å². The summed E-state index contributed by atoms with van der Waals surface area (Å²) in [5.41, 5.74) is 1.68.